The first-order valence-electron chi connectivity index (χ1n) is 7.22. The highest BCUT2D eigenvalue weighted by molar-refractivity contribution is 5.89. The molecule has 3 heteroatoms. The fourth-order valence-electron chi connectivity index (χ4n) is 2.55. The van der Waals surface area contributed by atoms with E-state index < -0.39 is 0 Å². The van der Waals surface area contributed by atoms with Crippen LogP contribution in [-0.4, -0.2) is 18.6 Å². The molecule has 0 bridgehead atoms. The van der Waals surface area contributed by atoms with Gasteiger partial charge < -0.3 is 10.1 Å². The van der Waals surface area contributed by atoms with Gasteiger partial charge in [0.15, 0.2) is 0 Å². The Morgan fingerprint density at radius 3 is 2.63 bits per heavy atom. The molecular formula is C16H23NO2. The third-order valence-electron chi connectivity index (χ3n) is 3.62. The number of hydrogen-bond acceptors (Lipinski definition) is 3. The minimum Gasteiger partial charge on any atom is -0.462 e. The summed E-state index contributed by atoms with van der Waals surface area (Å²) in [6.45, 7) is 4.77. The summed E-state index contributed by atoms with van der Waals surface area (Å²) >= 11 is 0. The number of nitrogens with one attached hydrogen (secondary N) is 1. The maximum absolute atomic E-state index is 11.7. The van der Waals surface area contributed by atoms with Gasteiger partial charge in [-0.3, -0.25) is 0 Å². The van der Waals surface area contributed by atoms with E-state index in [-0.39, 0.29) is 5.97 Å². The quantitative estimate of drug-likeness (QED) is 0.818. The van der Waals surface area contributed by atoms with Gasteiger partial charge in [-0.25, -0.2) is 4.79 Å². The predicted molar refractivity (Wildman–Crippen MR) is 77.4 cm³/mol. The topological polar surface area (TPSA) is 38.3 Å². The average molecular weight is 261 g/mol. The van der Waals surface area contributed by atoms with Crippen LogP contribution in [-0.2, 0) is 4.74 Å². The van der Waals surface area contributed by atoms with Crippen molar-refractivity contribution in [1.29, 1.82) is 0 Å². The van der Waals surface area contributed by atoms with Gasteiger partial charge in [-0.15, -0.1) is 0 Å². The number of carbonyl (C=O) groups excluding carboxylic acids is 1. The summed E-state index contributed by atoms with van der Waals surface area (Å²) in [6, 6.07) is 8.17. The van der Waals surface area contributed by atoms with Gasteiger partial charge in [0.05, 0.1) is 12.2 Å². The standard InChI is InChI=1S/C16H23NO2/c1-3-10-19-16(18)13-5-8-14(9-6-13)17-15-7-4-12(2)11-15/h5-6,8-9,12,15,17H,3-4,7,10-11H2,1-2H3. The third kappa shape index (κ3) is 3.98. The molecule has 0 aromatic heterocycles. The third-order valence-corrected chi connectivity index (χ3v) is 3.62. The van der Waals surface area contributed by atoms with Gasteiger partial charge in [0.2, 0.25) is 0 Å². The van der Waals surface area contributed by atoms with Crippen LogP contribution < -0.4 is 5.32 Å². The number of benzene rings is 1. The van der Waals surface area contributed by atoms with Crippen molar-refractivity contribution in [2.45, 2.75) is 45.6 Å². The van der Waals surface area contributed by atoms with E-state index in [1.165, 1.54) is 19.3 Å². The molecule has 2 atom stereocenters. The van der Waals surface area contributed by atoms with Crippen LogP contribution >= 0.6 is 0 Å². The number of anilines is 1. The molecule has 1 aromatic carbocycles. The molecule has 2 rings (SSSR count). The Hall–Kier alpha value is -1.51. The van der Waals surface area contributed by atoms with E-state index >= 15 is 0 Å². The second kappa shape index (κ2) is 6.60. The van der Waals surface area contributed by atoms with Gasteiger partial charge in [-0.1, -0.05) is 13.8 Å². The lowest BCUT2D eigenvalue weighted by Gasteiger charge is -2.14. The number of rotatable bonds is 5. The normalized spacial score (nSPS) is 22.2. The van der Waals surface area contributed by atoms with Crippen molar-refractivity contribution in [3.8, 4) is 0 Å². The van der Waals surface area contributed by atoms with Crippen LogP contribution in [0.25, 0.3) is 0 Å². The largest absolute Gasteiger partial charge is 0.462 e. The molecule has 1 saturated carbocycles. The molecule has 0 spiro atoms. The van der Waals surface area contributed by atoms with E-state index in [0.29, 0.717) is 18.2 Å². The van der Waals surface area contributed by atoms with E-state index in [1.54, 1.807) is 0 Å². The second-order valence-electron chi connectivity index (χ2n) is 5.47. The van der Waals surface area contributed by atoms with E-state index in [1.807, 2.05) is 31.2 Å². The summed E-state index contributed by atoms with van der Waals surface area (Å²) in [4.78, 5) is 11.7. The maximum atomic E-state index is 11.7. The van der Waals surface area contributed by atoms with E-state index in [0.717, 1.165) is 18.0 Å². The summed E-state index contributed by atoms with van der Waals surface area (Å²) in [5.74, 6) is 0.587. The maximum Gasteiger partial charge on any atom is 0.338 e. The molecule has 0 amide bonds. The van der Waals surface area contributed by atoms with Crippen molar-refractivity contribution in [2.75, 3.05) is 11.9 Å². The van der Waals surface area contributed by atoms with Crippen LogP contribution in [0.2, 0.25) is 0 Å². The molecule has 2 unspecified atom stereocenters. The SMILES string of the molecule is CCCOC(=O)c1ccc(NC2CCC(C)C2)cc1. The zero-order chi connectivity index (χ0) is 13.7. The van der Waals surface area contributed by atoms with Crippen molar-refractivity contribution in [1.82, 2.24) is 0 Å². The van der Waals surface area contributed by atoms with Crippen LogP contribution in [0.4, 0.5) is 5.69 Å². The van der Waals surface area contributed by atoms with Crippen LogP contribution in [0.1, 0.15) is 49.9 Å². The molecule has 1 aliphatic rings. The van der Waals surface area contributed by atoms with Gasteiger partial charge in [0.25, 0.3) is 0 Å². The molecule has 3 nitrogen and oxygen atoms in total. The second-order valence-corrected chi connectivity index (χ2v) is 5.47. The van der Waals surface area contributed by atoms with Crippen molar-refractivity contribution >= 4 is 11.7 Å². The van der Waals surface area contributed by atoms with Gasteiger partial charge in [0, 0.05) is 11.7 Å². The number of carbonyl (C=O) groups is 1. The molecular weight excluding hydrogens is 238 g/mol. The minimum atomic E-state index is -0.233. The zero-order valence-electron chi connectivity index (χ0n) is 11.8. The van der Waals surface area contributed by atoms with Gasteiger partial charge in [-0.2, -0.15) is 0 Å². The zero-order valence-corrected chi connectivity index (χ0v) is 11.8. The van der Waals surface area contributed by atoms with Crippen molar-refractivity contribution in [3.05, 3.63) is 29.8 Å². The molecule has 0 heterocycles. The van der Waals surface area contributed by atoms with Crippen LogP contribution in [0.5, 0.6) is 0 Å². The lowest BCUT2D eigenvalue weighted by Crippen LogP contribution is -2.15. The molecule has 1 fully saturated rings. The first-order chi connectivity index (χ1) is 9.19. The van der Waals surface area contributed by atoms with Crippen molar-refractivity contribution < 1.29 is 9.53 Å². The van der Waals surface area contributed by atoms with E-state index in [2.05, 4.69) is 12.2 Å². The van der Waals surface area contributed by atoms with Crippen LogP contribution in [0.15, 0.2) is 24.3 Å². The van der Waals surface area contributed by atoms with E-state index in [4.69, 9.17) is 4.74 Å². The van der Waals surface area contributed by atoms with Gasteiger partial charge >= 0.3 is 5.97 Å². The Morgan fingerprint density at radius 2 is 2.05 bits per heavy atom. The highest BCUT2D eigenvalue weighted by Crippen LogP contribution is 2.27. The van der Waals surface area contributed by atoms with Gasteiger partial charge in [-0.05, 0) is 55.9 Å². The van der Waals surface area contributed by atoms with Crippen molar-refractivity contribution in [3.63, 3.8) is 0 Å². The minimum absolute atomic E-state index is 0.233. The fourth-order valence-corrected chi connectivity index (χ4v) is 2.55. The summed E-state index contributed by atoms with van der Waals surface area (Å²) in [5, 5.41) is 3.53. The summed E-state index contributed by atoms with van der Waals surface area (Å²) in [5.41, 5.74) is 1.71. The fraction of sp³-hybridized carbons (Fsp3) is 0.562. The van der Waals surface area contributed by atoms with Crippen molar-refractivity contribution in [2.24, 2.45) is 5.92 Å². The lowest BCUT2D eigenvalue weighted by molar-refractivity contribution is 0.0505. The molecule has 104 valence electrons. The summed E-state index contributed by atoms with van der Waals surface area (Å²) in [6.07, 6.45) is 4.63. The smallest absolute Gasteiger partial charge is 0.338 e. The summed E-state index contributed by atoms with van der Waals surface area (Å²) in [7, 11) is 0. The molecule has 19 heavy (non-hydrogen) atoms. The highest BCUT2D eigenvalue weighted by Gasteiger charge is 2.20. The number of ether oxygens (including phenoxy) is 1. The molecule has 1 N–H and O–H groups in total. The summed E-state index contributed by atoms with van der Waals surface area (Å²) < 4.78 is 5.11. The monoisotopic (exact) mass is 261 g/mol. The Bertz CT molecular complexity index is 413. The number of esters is 1. The molecule has 0 aliphatic heterocycles. The Morgan fingerprint density at radius 1 is 1.32 bits per heavy atom. The van der Waals surface area contributed by atoms with E-state index in [9.17, 15) is 4.79 Å². The average Bonchev–Trinajstić information content (AvgIpc) is 2.82. The Kier molecular flexibility index (Phi) is 4.83. The van der Waals surface area contributed by atoms with Crippen LogP contribution in [0, 0.1) is 5.92 Å². The Labute approximate surface area is 115 Å². The Balaban J connectivity index is 1.89. The number of hydrogen-bond donors (Lipinski definition) is 1. The molecule has 0 radical (unpaired) electrons. The molecule has 1 aromatic rings. The predicted octanol–water partition coefficient (Wildman–Crippen LogP) is 3.85. The first-order valence-corrected chi connectivity index (χ1v) is 7.22. The molecule has 0 saturated heterocycles. The van der Waals surface area contributed by atoms with Gasteiger partial charge in [0.1, 0.15) is 0 Å². The lowest BCUT2D eigenvalue weighted by atomic mass is 10.1. The molecule has 1 aliphatic carbocycles. The first kappa shape index (κ1) is 13.9. The highest BCUT2D eigenvalue weighted by atomic mass is 16.5. The van der Waals surface area contributed by atoms with Crippen LogP contribution in [0.3, 0.4) is 0 Å².